The Hall–Kier alpha value is -3.19. The molecule has 0 spiro atoms. The Labute approximate surface area is 182 Å². The van der Waals surface area contributed by atoms with Crippen LogP contribution >= 0.6 is 0 Å². The second kappa shape index (κ2) is 9.31. The third-order valence-corrected chi connectivity index (χ3v) is 5.97. The van der Waals surface area contributed by atoms with E-state index in [1.54, 1.807) is 25.3 Å². The zero-order chi connectivity index (χ0) is 21.8. The van der Waals surface area contributed by atoms with Gasteiger partial charge in [-0.1, -0.05) is 12.1 Å². The molecule has 4 rings (SSSR count). The number of carbonyl (C=O) groups is 3. The maximum Gasteiger partial charge on any atom is 0.253 e. The van der Waals surface area contributed by atoms with Crippen LogP contribution in [0.2, 0.25) is 0 Å². The molecule has 0 atom stereocenters. The number of nitrogens with zero attached hydrogens (tertiary/aromatic N) is 2. The van der Waals surface area contributed by atoms with Crippen LogP contribution in [0.15, 0.2) is 42.5 Å². The van der Waals surface area contributed by atoms with Gasteiger partial charge in [0.25, 0.3) is 5.91 Å². The number of rotatable bonds is 6. The number of benzene rings is 2. The van der Waals surface area contributed by atoms with Gasteiger partial charge in [0.2, 0.25) is 5.91 Å². The fourth-order valence-corrected chi connectivity index (χ4v) is 4.14. The van der Waals surface area contributed by atoms with E-state index in [1.165, 1.54) is 0 Å². The number of piperazine rings is 1. The third-order valence-electron chi connectivity index (χ3n) is 5.97. The Morgan fingerprint density at radius 1 is 1.03 bits per heavy atom. The standard InChI is InChI=1S/C24H27N3O4/c1-31-22-5-3-2-4-19(22)21(28)10-11-26-12-14-27(15-13-26)24(30)18-6-8-20-17(16-18)7-9-23(29)25-20/h2-6,8,16H,7,9-15H2,1H3,(H,25,29). The predicted molar refractivity (Wildman–Crippen MR) is 118 cm³/mol. The van der Waals surface area contributed by atoms with Crippen molar-refractivity contribution in [2.75, 3.05) is 45.2 Å². The highest BCUT2D eigenvalue weighted by Gasteiger charge is 2.24. The monoisotopic (exact) mass is 421 g/mol. The average molecular weight is 421 g/mol. The lowest BCUT2D eigenvalue weighted by atomic mass is 10.00. The molecule has 7 nitrogen and oxygen atoms in total. The molecule has 0 aromatic heterocycles. The van der Waals surface area contributed by atoms with Crippen LogP contribution < -0.4 is 10.1 Å². The van der Waals surface area contributed by atoms with Crippen LogP contribution in [0.3, 0.4) is 0 Å². The molecule has 7 heteroatoms. The largest absolute Gasteiger partial charge is 0.496 e. The number of Topliss-reactive ketones (excluding diaryl/α,β-unsaturated/α-hetero) is 1. The Morgan fingerprint density at radius 2 is 1.81 bits per heavy atom. The van der Waals surface area contributed by atoms with E-state index in [2.05, 4.69) is 10.2 Å². The zero-order valence-electron chi connectivity index (χ0n) is 17.7. The first kappa shape index (κ1) is 21.1. The van der Waals surface area contributed by atoms with Gasteiger partial charge in [-0.3, -0.25) is 19.3 Å². The highest BCUT2D eigenvalue weighted by Crippen LogP contribution is 2.24. The highest BCUT2D eigenvalue weighted by atomic mass is 16.5. The molecule has 0 radical (unpaired) electrons. The van der Waals surface area contributed by atoms with Crippen molar-refractivity contribution in [2.45, 2.75) is 19.3 Å². The topological polar surface area (TPSA) is 79.0 Å². The van der Waals surface area contributed by atoms with Crippen LogP contribution in [0.1, 0.15) is 39.1 Å². The average Bonchev–Trinajstić information content (AvgIpc) is 2.82. The van der Waals surface area contributed by atoms with E-state index < -0.39 is 0 Å². The van der Waals surface area contributed by atoms with Crippen molar-refractivity contribution in [1.82, 2.24) is 9.80 Å². The second-order valence-electron chi connectivity index (χ2n) is 7.93. The molecular formula is C24H27N3O4. The maximum absolute atomic E-state index is 12.9. The van der Waals surface area contributed by atoms with Crippen molar-refractivity contribution in [2.24, 2.45) is 0 Å². The number of methoxy groups -OCH3 is 1. The Bertz CT molecular complexity index is 996. The number of carbonyl (C=O) groups excluding carboxylic acids is 3. The fraction of sp³-hybridized carbons (Fsp3) is 0.375. The van der Waals surface area contributed by atoms with Crippen LogP contribution in [0.25, 0.3) is 0 Å². The van der Waals surface area contributed by atoms with Gasteiger partial charge >= 0.3 is 0 Å². The number of ether oxygens (including phenoxy) is 1. The minimum Gasteiger partial charge on any atom is -0.496 e. The molecule has 1 fully saturated rings. The summed E-state index contributed by atoms with van der Waals surface area (Å²) in [5.74, 6) is 0.709. The molecule has 2 aromatic rings. The summed E-state index contributed by atoms with van der Waals surface area (Å²) in [6.07, 6.45) is 1.54. The zero-order valence-corrected chi connectivity index (χ0v) is 17.7. The molecule has 0 unspecified atom stereocenters. The SMILES string of the molecule is COc1ccccc1C(=O)CCN1CCN(C(=O)c2ccc3c(c2)CCC(=O)N3)CC1. The predicted octanol–water partition coefficient (Wildman–Crippen LogP) is 2.61. The van der Waals surface area contributed by atoms with Gasteiger partial charge in [0.1, 0.15) is 5.75 Å². The van der Waals surface area contributed by atoms with Gasteiger partial charge in [-0.25, -0.2) is 0 Å². The van der Waals surface area contributed by atoms with Crippen LogP contribution in [-0.4, -0.2) is 67.2 Å². The maximum atomic E-state index is 12.9. The van der Waals surface area contributed by atoms with Crippen molar-refractivity contribution < 1.29 is 19.1 Å². The Kier molecular flexibility index (Phi) is 6.32. The summed E-state index contributed by atoms with van der Waals surface area (Å²) in [5.41, 5.74) is 3.09. The molecule has 1 saturated heterocycles. The van der Waals surface area contributed by atoms with Gasteiger partial charge in [0.15, 0.2) is 5.78 Å². The minimum atomic E-state index is 0.0180. The number of ketones is 1. The lowest BCUT2D eigenvalue weighted by Crippen LogP contribution is -2.49. The summed E-state index contributed by atoms with van der Waals surface area (Å²) in [4.78, 5) is 41.1. The quantitative estimate of drug-likeness (QED) is 0.726. The first-order chi connectivity index (χ1) is 15.0. The number of hydrogen-bond acceptors (Lipinski definition) is 5. The van der Waals surface area contributed by atoms with Crippen molar-refractivity contribution in [1.29, 1.82) is 0 Å². The van der Waals surface area contributed by atoms with Crippen molar-refractivity contribution in [3.63, 3.8) is 0 Å². The minimum absolute atomic E-state index is 0.0180. The normalized spacial score (nSPS) is 16.4. The molecule has 2 heterocycles. The first-order valence-electron chi connectivity index (χ1n) is 10.7. The summed E-state index contributed by atoms with van der Waals surface area (Å²) in [5, 5.41) is 2.85. The molecule has 2 amide bonds. The van der Waals surface area contributed by atoms with E-state index in [-0.39, 0.29) is 17.6 Å². The van der Waals surface area contributed by atoms with E-state index in [9.17, 15) is 14.4 Å². The van der Waals surface area contributed by atoms with Crippen molar-refractivity contribution in [3.8, 4) is 5.75 Å². The van der Waals surface area contributed by atoms with Gasteiger partial charge in [0, 0.05) is 56.8 Å². The molecule has 162 valence electrons. The van der Waals surface area contributed by atoms with Gasteiger partial charge < -0.3 is 15.0 Å². The molecule has 2 aromatic carbocycles. The Morgan fingerprint density at radius 3 is 2.58 bits per heavy atom. The number of aryl methyl sites for hydroxylation is 1. The number of hydrogen-bond donors (Lipinski definition) is 1. The van der Waals surface area contributed by atoms with Crippen molar-refractivity contribution >= 4 is 23.3 Å². The fourth-order valence-electron chi connectivity index (χ4n) is 4.14. The summed E-state index contributed by atoms with van der Waals surface area (Å²) in [7, 11) is 1.57. The van der Waals surface area contributed by atoms with Gasteiger partial charge in [-0.05, 0) is 42.3 Å². The lowest BCUT2D eigenvalue weighted by Gasteiger charge is -2.34. The molecule has 0 saturated carbocycles. The van der Waals surface area contributed by atoms with Gasteiger partial charge in [-0.2, -0.15) is 0 Å². The second-order valence-corrected chi connectivity index (χ2v) is 7.93. The number of fused-ring (bicyclic) bond motifs is 1. The Balaban J connectivity index is 1.29. The van der Waals surface area contributed by atoms with Crippen LogP contribution in [0.4, 0.5) is 5.69 Å². The van der Waals surface area contributed by atoms with E-state index in [4.69, 9.17) is 4.74 Å². The highest BCUT2D eigenvalue weighted by molar-refractivity contribution is 5.99. The molecule has 2 aliphatic heterocycles. The number of nitrogens with one attached hydrogen (secondary N) is 1. The number of anilines is 1. The van der Waals surface area contributed by atoms with Gasteiger partial charge in [0.05, 0.1) is 12.7 Å². The summed E-state index contributed by atoms with van der Waals surface area (Å²) in [6, 6.07) is 12.8. The van der Waals surface area contributed by atoms with E-state index in [0.29, 0.717) is 55.8 Å². The molecular weight excluding hydrogens is 394 g/mol. The van der Waals surface area contributed by atoms with E-state index >= 15 is 0 Å². The van der Waals surface area contributed by atoms with E-state index in [1.807, 2.05) is 29.2 Å². The molecule has 2 aliphatic rings. The van der Waals surface area contributed by atoms with Crippen LogP contribution in [0.5, 0.6) is 5.75 Å². The first-order valence-corrected chi connectivity index (χ1v) is 10.7. The van der Waals surface area contributed by atoms with Crippen LogP contribution in [0, 0.1) is 0 Å². The molecule has 1 N–H and O–H groups in total. The summed E-state index contributed by atoms with van der Waals surface area (Å²) in [6.45, 7) is 3.42. The molecule has 31 heavy (non-hydrogen) atoms. The third kappa shape index (κ3) is 4.77. The molecule has 0 bridgehead atoms. The summed E-state index contributed by atoms with van der Waals surface area (Å²) < 4.78 is 5.28. The van der Waals surface area contributed by atoms with Crippen molar-refractivity contribution in [3.05, 3.63) is 59.2 Å². The summed E-state index contributed by atoms with van der Waals surface area (Å²) >= 11 is 0. The molecule has 0 aliphatic carbocycles. The smallest absolute Gasteiger partial charge is 0.253 e. The number of amides is 2. The van der Waals surface area contributed by atoms with Gasteiger partial charge in [-0.15, -0.1) is 0 Å². The number of para-hydroxylation sites is 1. The lowest BCUT2D eigenvalue weighted by molar-refractivity contribution is -0.116. The van der Waals surface area contributed by atoms with Crippen LogP contribution in [-0.2, 0) is 11.2 Å². The van der Waals surface area contributed by atoms with E-state index in [0.717, 1.165) is 24.3 Å².